The van der Waals surface area contributed by atoms with Gasteiger partial charge in [-0.2, -0.15) is 0 Å². The molecule has 17 heavy (non-hydrogen) atoms. The molecule has 0 aliphatic carbocycles. The Balaban J connectivity index is 0.00000108. The van der Waals surface area contributed by atoms with Crippen molar-refractivity contribution in [3.63, 3.8) is 0 Å². The number of thioether (sulfide) groups is 1. The molecule has 0 fully saturated rings. The van der Waals surface area contributed by atoms with Gasteiger partial charge in [0.2, 0.25) is 0 Å². The highest BCUT2D eigenvalue weighted by Crippen LogP contribution is 2.35. The maximum absolute atomic E-state index is 4.46. The highest BCUT2D eigenvalue weighted by Gasteiger charge is 2.26. The standard InChI is InChI=1S/C13H14N2S.BrH/c1-2-10-3-5-11(6-4-10)12-9-16-13-14-7-8-15(12)13;/h3-6,9H,2,7-8H2,1H3;1H. The molecule has 0 aromatic heterocycles. The molecule has 2 heterocycles. The summed E-state index contributed by atoms with van der Waals surface area (Å²) in [5.41, 5.74) is 4.01. The van der Waals surface area contributed by atoms with Crippen LogP contribution in [0.2, 0.25) is 0 Å². The molecule has 90 valence electrons. The van der Waals surface area contributed by atoms with E-state index in [1.54, 1.807) is 11.8 Å². The van der Waals surface area contributed by atoms with Crippen molar-refractivity contribution in [3.8, 4) is 0 Å². The fourth-order valence-electron chi connectivity index (χ4n) is 2.06. The summed E-state index contributed by atoms with van der Waals surface area (Å²) in [6.45, 7) is 4.15. The average Bonchev–Trinajstić information content (AvgIpc) is 2.91. The molecule has 0 spiro atoms. The minimum absolute atomic E-state index is 0. The maximum Gasteiger partial charge on any atom is 0.168 e. The Bertz CT molecular complexity index is 465. The second kappa shape index (κ2) is 5.27. The first-order chi connectivity index (χ1) is 7.88. The number of hydrogen-bond donors (Lipinski definition) is 0. The van der Waals surface area contributed by atoms with Gasteiger partial charge < -0.3 is 4.90 Å². The zero-order valence-electron chi connectivity index (χ0n) is 9.72. The third-order valence-corrected chi connectivity index (χ3v) is 3.93. The van der Waals surface area contributed by atoms with E-state index in [1.807, 2.05) is 0 Å². The van der Waals surface area contributed by atoms with E-state index >= 15 is 0 Å². The first-order valence-corrected chi connectivity index (χ1v) is 6.54. The molecule has 0 unspecified atom stereocenters. The molecule has 0 amide bonds. The van der Waals surface area contributed by atoms with Gasteiger partial charge in [0.05, 0.1) is 12.2 Å². The van der Waals surface area contributed by atoms with Crippen LogP contribution in [-0.4, -0.2) is 23.2 Å². The Labute approximate surface area is 117 Å². The number of fused-ring (bicyclic) bond motifs is 1. The number of halogens is 1. The lowest BCUT2D eigenvalue weighted by atomic mass is 10.1. The fourth-order valence-corrected chi connectivity index (χ4v) is 3.02. The molecular weight excluding hydrogens is 296 g/mol. The summed E-state index contributed by atoms with van der Waals surface area (Å²) in [5.74, 6) is 0. The van der Waals surface area contributed by atoms with Gasteiger partial charge >= 0.3 is 0 Å². The minimum Gasteiger partial charge on any atom is -0.318 e. The van der Waals surface area contributed by atoms with Gasteiger partial charge in [0.15, 0.2) is 5.17 Å². The van der Waals surface area contributed by atoms with Crippen LogP contribution in [0.25, 0.3) is 5.70 Å². The van der Waals surface area contributed by atoms with E-state index < -0.39 is 0 Å². The molecule has 0 bridgehead atoms. The summed E-state index contributed by atoms with van der Waals surface area (Å²) < 4.78 is 0. The molecule has 0 radical (unpaired) electrons. The van der Waals surface area contributed by atoms with Gasteiger partial charge in [-0.05, 0) is 17.5 Å². The summed E-state index contributed by atoms with van der Waals surface area (Å²) in [5, 5.41) is 3.37. The fraction of sp³-hybridized carbons (Fsp3) is 0.308. The van der Waals surface area contributed by atoms with Gasteiger partial charge in [-0.15, -0.1) is 17.0 Å². The van der Waals surface area contributed by atoms with Gasteiger partial charge in [-0.3, -0.25) is 4.99 Å². The van der Waals surface area contributed by atoms with E-state index in [4.69, 9.17) is 0 Å². The van der Waals surface area contributed by atoms with Crippen molar-refractivity contribution >= 4 is 39.6 Å². The lowest BCUT2D eigenvalue weighted by Crippen LogP contribution is -2.19. The van der Waals surface area contributed by atoms with Crippen molar-refractivity contribution < 1.29 is 0 Å². The normalized spacial score (nSPS) is 17.4. The molecule has 4 heteroatoms. The minimum atomic E-state index is 0. The summed E-state index contributed by atoms with van der Waals surface area (Å²) >= 11 is 1.74. The Hall–Kier alpha value is -0.740. The molecule has 2 nitrogen and oxygen atoms in total. The number of aryl methyl sites for hydroxylation is 1. The van der Waals surface area contributed by atoms with Crippen LogP contribution >= 0.6 is 28.7 Å². The Morgan fingerprint density at radius 2 is 2.06 bits per heavy atom. The molecule has 3 rings (SSSR count). The molecule has 0 saturated carbocycles. The van der Waals surface area contributed by atoms with Crippen molar-refractivity contribution in [3.05, 3.63) is 40.8 Å². The molecule has 0 saturated heterocycles. The summed E-state index contributed by atoms with van der Waals surface area (Å²) in [6, 6.07) is 8.86. The zero-order chi connectivity index (χ0) is 11.0. The van der Waals surface area contributed by atoms with Crippen LogP contribution in [0, 0.1) is 0 Å². The quantitative estimate of drug-likeness (QED) is 0.830. The van der Waals surface area contributed by atoms with Crippen LogP contribution < -0.4 is 0 Å². The lowest BCUT2D eigenvalue weighted by molar-refractivity contribution is 0.650. The molecule has 2 aliphatic heterocycles. The lowest BCUT2D eigenvalue weighted by Gasteiger charge is -2.16. The number of aliphatic imine (C=N–C) groups is 1. The molecule has 1 aromatic carbocycles. The van der Waals surface area contributed by atoms with E-state index in [1.165, 1.54) is 16.8 Å². The summed E-state index contributed by atoms with van der Waals surface area (Å²) in [7, 11) is 0. The van der Waals surface area contributed by atoms with Crippen LogP contribution in [0.4, 0.5) is 0 Å². The van der Waals surface area contributed by atoms with Crippen LogP contribution in [0.1, 0.15) is 18.1 Å². The Morgan fingerprint density at radius 3 is 2.76 bits per heavy atom. The van der Waals surface area contributed by atoms with E-state index in [9.17, 15) is 0 Å². The van der Waals surface area contributed by atoms with Crippen molar-refractivity contribution in [2.24, 2.45) is 4.99 Å². The van der Waals surface area contributed by atoms with Crippen molar-refractivity contribution in [2.45, 2.75) is 13.3 Å². The molecular formula is C13H15BrN2S. The third kappa shape index (κ3) is 2.29. The molecule has 2 aliphatic rings. The number of rotatable bonds is 2. The van der Waals surface area contributed by atoms with Gasteiger partial charge in [0.1, 0.15) is 0 Å². The van der Waals surface area contributed by atoms with Gasteiger partial charge in [-0.1, -0.05) is 43.0 Å². The smallest absolute Gasteiger partial charge is 0.168 e. The van der Waals surface area contributed by atoms with Crippen molar-refractivity contribution in [1.82, 2.24) is 4.90 Å². The number of amidine groups is 1. The summed E-state index contributed by atoms with van der Waals surface area (Å²) in [4.78, 5) is 6.77. The second-order valence-corrected chi connectivity index (χ2v) is 4.82. The van der Waals surface area contributed by atoms with Crippen LogP contribution in [0.3, 0.4) is 0 Å². The topological polar surface area (TPSA) is 15.6 Å². The monoisotopic (exact) mass is 310 g/mol. The van der Waals surface area contributed by atoms with Gasteiger partial charge in [0, 0.05) is 12.0 Å². The third-order valence-electron chi connectivity index (χ3n) is 3.03. The number of nitrogens with zero attached hydrogens (tertiary/aromatic N) is 2. The molecule has 1 aromatic rings. The number of hydrogen-bond acceptors (Lipinski definition) is 3. The predicted octanol–water partition coefficient (Wildman–Crippen LogP) is 3.54. The summed E-state index contributed by atoms with van der Waals surface area (Å²) in [6.07, 6.45) is 1.10. The highest BCUT2D eigenvalue weighted by molar-refractivity contribution is 8.93. The second-order valence-electron chi connectivity index (χ2n) is 3.99. The first-order valence-electron chi connectivity index (χ1n) is 5.66. The maximum atomic E-state index is 4.46. The SMILES string of the molecule is Br.CCc1ccc(C2=CSC3=NCCN23)cc1. The van der Waals surface area contributed by atoms with Crippen LogP contribution in [0.15, 0.2) is 34.7 Å². The molecule has 0 atom stereocenters. The van der Waals surface area contributed by atoms with Gasteiger partial charge in [-0.25, -0.2) is 0 Å². The predicted molar refractivity (Wildman–Crippen MR) is 80.7 cm³/mol. The van der Waals surface area contributed by atoms with E-state index in [0.29, 0.717) is 0 Å². The zero-order valence-corrected chi connectivity index (χ0v) is 12.2. The van der Waals surface area contributed by atoms with Gasteiger partial charge in [0.25, 0.3) is 0 Å². The van der Waals surface area contributed by atoms with E-state index in [-0.39, 0.29) is 17.0 Å². The van der Waals surface area contributed by atoms with Crippen molar-refractivity contribution in [2.75, 3.05) is 13.1 Å². The average molecular weight is 311 g/mol. The molecule has 0 N–H and O–H groups in total. The number of benzene rings is 1. The van der Waals surface area contributed by atoms with Crippen LogP contribution in [-0.2, 0) is 6.42 Å². The first kappa shape index (κ1) is 12.7. The Kier molecular flexibility index (Phi) is 3.94. The highest BCUT2D eigenvalue weighted by atomic mass is 79.9. The van der Waals surface area contributed by atoms with Crippen LogP contribution in [0.5, 0.6) is 0 Å². The Morgan fingerprint density at radius 1 is 1.29 bits per heavy atom. The van der Waals surface area contributed by atoms with E-state index in [0.717, 1.165) is 24.7 Å². The van der Waals surface area contributed by atoms with E-state index in [2.05, 4.69) is 46.5 Å². The largest absolute Gasteiger partial charge is 0.318 e. The van der Waals surface area contributed by atoms with Crippen molar-refractivity contribution in [1.29, 1.82) is 0 Å².